The molecule has 0 spiro atoms. The van der Waals surface area contributed by atoms with Crippen LogP contribution in [-0.2, 0) is 6.54 Å². The van der Waals surface area contributed by atoms with Crippen molar-refractivity contribution in [1.82, 2.24) is 19.9 Å². The van der Waals surface area contributed by atoms with Crippen molar-refractivity contribution in [2.45, 2.75) is 25.4 Å². The molecule has 1 unspecified atom stereocenters. The first-order valence-electron chi connectivity index (χ1n) is 7.53. The van der Waals surface area contributed by atoms with Gasteiger partial charge in [-0.3, -0.25) is 4.79 Å². The highest BCUT2D eigenvalue weighted by molar-refractivity contribution is 5.95. The molecule has 3 rings (SSSR count). The third-order valence-electron chi connectivity index (χ3n) is 4.07. The van der Waals surface area contributed by atoms with E-state index in [-0.39, 0.29) is 17.6 Å². The van der Waals surface area contributed by atoms with Gasteiger partial charge in [0, 0.05) is 25.2 Å². The minimum Gasteiger partial charge on any atom is -0.396 e. The zero-order chi connectivity index (χ0) is 16.4. The molecule has 122 valence electrons. The van der Waals surface area contributed by atoms with Gasteiger partial charge in [-0.2, -0.15) is 0 Å². The second kappa shape index (κ2) is 6.33. The van der Waals surface area contributed by atoms with Gasteiger partial charge in [-0.1, -0.05) is 5.21 Å². The fourth-order valence-corrected chi connectivity index (χ4v) is 2.80. The zero-order valence-corrected chi connectivity index (χ0v) is 12.7. The molecule has 1 aliphatic heterocycles. The maximum Gasteiger partial charge on any atom is 0.254 e. The number of nitrogens with zero attached hydrogens (tertiary/aromatic N) is 4. The van der Waals surface area contributed by atoms with Crippen LogP contribution in [0, 0.1) is 5.82 Å². The van der Waals surface area contributed by atoms with Crippen LogP contribution in [0.1, 0.15) is 34.9 Å². The summed E-state index contributed by atoms with van der Waals surface area (Å²) in [5.41, 5.74) is 12.2. The van der Waals surface area contributed by atoms with Crippen LogP contribution >= 0.6 is 0 Å². The number of halogens is 1. The summed E-state index contributed by atoms with van der Waals surface area (Å²) in [6.45, 7) is 1.53. The number of aromatic nitrogens is 3. The summed E-state index contributed by atoms with van der Waals surface area (Å²) in [5.74, 6) is -0.671. The van der Waals surface area contributed by atoms with Crippen molar-refractivity contribution >= 4 is 11.6 Å². The van der Waals surface area contributed by atoms with Crippen LogP contribution in [-0.4, -0.2) is 38.9 Å². The molecule has 0 radical (unpaired) electrons. The van der Waals surface area contributed by atoms with Gasteiger partial charge in [-0.05, 0) is 31.0 Å². The standard InChI is InChI=1S/C15H19FN6O/c16-13-4-3-10(6-14(13)18)15(23)21-5-1-2-12(9-21)22-8-11(7-17)19-20-22/h3-4,6,8,12H,1-2,5,7,9,17-18H2. The molecule has 1 aromatic carbocycles. The summed E-state index contributed by atoms with van der Waals surface area (Å²) < 4.78 is 15.0. The van der Waals surface area contributed by atoms with Crippen molar-refractivity contribution < 1.29 is 9.18 Å². The number of rotatable bonds is 3. The van der Waals surface area contributed by atoms with Gasteiger partial charge in [0.05, 0.1) is 23.6 Å². The van der Waals surface area contributed by atoms with E-state index in [2.05, 4.69) is 10.3 Å². The second-order valence-electron chi connectivity index (χ2n) is 5.68. The lowest BCUT2D eigenvalue weighted by Crippen LogP contribution is -2.40. The quantitative estimate of drug-likeness (QED) is 0.820. The number of likely N-dealkylation sites (tertiary alicyclic amines) is 1. The topological polar surface area (TPSA) is 103 Å². The number of hydrogen-bond acceptors (Lipinski definition) is 5. The maximum absolute atomic E-state index is 13.2. The van der Waals surface area contributed by atoms with Gasteiger partial charge in [0.1, 0.15) is 5.82 Å². The van der Waals surface area contributed by atoms with E-state index in [9.17, 15) is 9.18 Å². The molecular weight excluding hydrogens is 299 g/mol. The Hall–Kier alpha value is -2.48. The smallest absolute Gasteiger partial charge is 0.254 e. The lowest BCUT2D eigenvalue weighted by Gasteiger charge is -2.32. The number of benzene rings is 1. The predicted octanol–water partition coefficient (Wildman–Crippen LogP) is 0.935. The minimum atomic E-state index is -0.519. The number of amides is 1. The highest BCUT2D eigenvalue weighted by Gasteiger charge is 2.26. The Bertz CT molecular complexity index is 716. The molecule has 1 saturated heterocycles. The lowest BCUT2D eigenvalue weighted by atomic mass is 10.0. The Balaban J connectivity index is 1.74. The minimum absolute atomic E-state index is 0.0201. The van der Waals surface area contributed by atoms with Crippen molar-refractivity contribution in [2.24, 2.45) is 5.73 Å². The number of nitrogens with two attached hydrogens (primary N) is 2. The number of piperidine rings is 1. The van der Waals surface area contributed by atoms with Gasteiger partial charge in [-0.25, -0.2) is 9.07 Å². The van der Waals surface area contributed by atoms with Crippen LogP contribution in [0.15, 0.2) is 24.4 Å². The monoisotopic (exact) mass is 318 g/mol. The number of hydrogen-bond donors (Lipinski definition) is 2. The van der Waals surface area contributed by atoms with E-state index in [1.54, 1.807) is 9.58 Å². The van der Waals surface area contributed by atoms with Crippen LogP contribution in [0.25, 0.3) is 0 Å². The van der Waals surface area contributed by atoms with Crippen molar-refractivity contribution in [3.8, 4) is 0 Å². The third kappa shape index (κ3) is 3.16. The van der Waals surface area contributed by atoms with Crippen LogP contribution in [0.3, 0.4) is 0 Å². The van der Waals surface area contributed by atoms with Gasteiger partial charge in [0.2, 0.25) is 0 Å². The highest BCUT2D eigenvalue weighted by atomic mass is 19.1. The largest absolute Gasteiger partial charge is 0.396 e. The first-order valence-corrected chi connectivity index (χ1v) is 7.53. The normalized spacial score (nSPS) is 18.2. The average Bonchev–Trinajstić information content (AvgIpc) is 3.06. The molecule has 8 heteroatoms. The van der Waals surface area contributed by atoms with E-state index >= 15 is 0 Å². The third-order valence-corrected chi connectivity index (χ3v) is 4.07. The Kier molecular flexibility index (Phi) is 4.24. The van der Waals surface area contributed by atoms with Gasteiger partial charge >= 0.3 is 0 Å². The van der Waals surface area contributed by atoms with E-state index in [1.165, 1.54) is 18.2 Å². The fraction of sp³-hybridized carbons (Fsp3) is 0.400. The molecular formula is C15H19FN6O. The summed E-state index contributed by atoms with van der Waals surface area (Å²) in [5, 5.41) is 8.07. The Morgan fingerprint density at radius 3 is 2.96 bits per heavy atom. The SMILES string of the molecule is NCc1cn(C2CCCN(C(=O)c3ccc(F)c(N)c3)C2)nn1. The summed E-state index contributed by atoms with van der Waals surface area (Å²) in [6, 6.07) is 4.12. The van der Waals surface area contributed by atoms with Crippen LogP contribution in [0.4, 0.5) is 10.1 Å². The number of anilines is 1. The summed E-state index contributed by atoms with van der Waals surface area (Å²) in [4.78, 5) is 14.3. The van der Waals surface area contributed by atoms with Gasteiger partial charge in [-0.15, -0.1) is 5.10 Å². The molecule has 0 saturated carbocycles. The first kappa shape index (κ1) is 15.4. The molecule has 2 aromatic rings. The molecule has 1 atom stereocenters. The summed E-state index contributed by atoms with van der Waals surface area (Å²) >= 11 is 0. The molecule has 1 fully saturated rings. The Morgan fingerprint density at radius 1 is 1.43 bits per heavy atom. The molecule has 4 N–H and O–H groups in total. The van der Waals surface area contributed by atoms with E-state index < -0.39 is 5.82 Å². The molecule has 1 aliphatic rings. The molecule has 1 amide bonds. The second-order valence-corrected chi connectivity index (χ2v) is 5.68. The van der Waals surface area contributed by atoms with Crippen LogP contribution in [0.2, 0.25) is 0 Å². The number of carbonyl (C=O) groups excluding carboxylic acids is 1. The predicted molar refractivity (Wildman–Crippen MR) is 82.9 cm³/mol. The van der Waals surface area contributed by atoms with Crippen molar-refractivity contribution in [2.75, 3.05) is 18.8 Å². The molecule has 0 aliphatic carbocycles. The van der Waals surface area contributed by atoms with E-state index in [1.807, 2.05) is 6.20 Å². The van der Waals surface area contributed by atoms with Crippen molar-refractivity contribution in [1.29, 1.82) is 0 Å². The van der Waals surface area contributed by atoms with Gasteiger partial charge in [0.25, 0.3) is 5.91 Å². The average molecular weight is 318 g/mol. The lowest BCUT2D eigenvalue weighted by molar-refractivity contribution is 0.0672. The van der Waals surface area contributed by atoms with E-state index in [0.717, 1.165) is 18.5 Å². The van der Waals surface area contributed by atoms with Crippen LogP contribution < -0.4 is 11.5 Å². The maximum atomic E-state index is 13.2. The van der Waals surface area contributed by atoms with Gasteiger partial charge in [0.15, 0.2) is 0 Å². The van der Waals surface area contributed by atoms with Crippen molar-refractivity contribution in [3.63, 3.8) is 0 Å². The number of nitrogen functional groups attached to an aromatic ring is 1. The highest BCUT2D eigenvalue weighted by Crippen LogP contribution is 2.23. The van der Waals surface area contributed by atoms with Crippen LogP contribution in [0.5, 0.6) is 0 Å². The molecule has 0 bridgehead atoms. The van der Waals surface area contributed by atoms with E-state index in [4.69, 9.17) is 11.5 Å². The molecule has 1 aromatic heterocycles. The van der Waals surface area contributed by atoms with Crippen molar-refractivity contribution in [3.05, 3.63) is 41.5 Å². The Morgan fingerprint density at radius 2 is 2.26 bits per heavy atom. The van der Waals surface area contributed by atoms with Gasteiger partial charge < -0.3 is 16.4 Å². The molecule has 7 nitrogen and oxygen atoms in total. The molecule has 23 heavy (non-hydrogen) atoms. The zero-order valence-electron chi connectivity index (χ0n) is 12.7. The number of carbonyl (C=O) groups is 1. The summed E-state index contributed by atoms with van der Waals surface area (Å²) in [6.07, 6.45) is 3.60. The van der Waals surface area contributed by atoms with E-state index in [0.29, 0.717) is 25.2 Å². The fourth-order valence-electron chi connectivity index (χ4n) is 2.80. The molecule has 2 heterocycles. The first-order chi connectivity index (χ1) is 11.1. The summed E-state index contributed by atoms with van der Waals surface area (Å²) in [7, 11) is 0. The Labute approximate surface area is 133 Å².